The normalized spacial score (nSPS) is 13.1. The molecule has 0 bridgehead atoms. The van der Waals surface area contributed by atoms with Crippen LogP contribution in [0.4, 0.5) is 8.78 Å². The molecule has 2 nitrogen and oxygen atoms in total. The summed E-state index contributed by atoms with van der Waals surface area (Å²) in [6.07, 6.45) is 3.67. The lowest BCUT2D eigenvalue weighted by Crippen LogP contribution is -1.87. The summed E-state index contributed by atoms with van der Waals surface area (Å²) in [6.45, 7) is 0. The van der Waals surface area contributed by atoms with Gasteiger partial charge in [-0.05, 0) is 11.6 Å². The van der Waals surface area contributed by atoms with Crippen molar-refractivity contribution in [1.82, 2.24) is 9.55 Å². The number of aromatic nitrogens is 2. The van der Waals surface area contributed by atoms with E-state index in [9.17, 15) is 8.78 Å². The van der Waals surface area contributed by atoms with Crippen molar-refractivity contribution in [2.75, 3.05) is 0 Å². The van der Waals surface area contributed by atoms with Crippen molar-refractivity contribution in [3.05, 3.63) is 24.0 Å². The highest BCUT2D eigenvalue weighted by Crippen LogP contribution is 2.16. The number of rotatable bonds is 1. The van der Waals surface area contributed by atoms with Gasteiger partial charge in [-0.15, -0.1) is 0 Å². The first-order valence-electron chi connectivity index (χ1n) is 2.41. The third kappa shape index (κ3) is 1.33. The van der Waals surface area contributed by atoms with E-state index in [0.717, 1.165) is 10.9 Å². The van der Waals surface area contributed by atoms with E-state index in [1.807, 2.05) is 0 Å². The fraction of sp³-hybridized carbons (Fsp3) is 0. The number of imidazole rings is 1. The maximum atomic E-state index is 12.4. The van der Waals surface area contributed by atoms with Gasteiger partial charge in [-0.1, -0.05) is 0 Å². The van der Waals surface area contributed by atoms with Gasteiger partial charge in [0.05, 0.1) is 0 Å². The lowest BCUT2D eigenvalue weighted by molar-refractivity contribution is 0.613. The van der Waals surface area contributed by atoms with Crippen molar-refractivity contribution in [2.45, 2.75) is 0 Å². The van der Waals surface area contributed by atoms with Crippen LogP contribution in [0.2, 0.25) is 0 Å². The van der Waals surface area contributed by atoms with Crippen molar-refractivity contribution in [3.63, 3.8) is 0 Å². The van der Waals surface area contributed by atoms with Gasteiger partial charge in [0, 0.05) is 12.4 Å². The van der Waals surface area contributed by atoms with Gasteiger partial charge in [0.15, 0.2) is 0 Å². The quantitative estimate of drug-likeness (QED) is 0.622. The highest BCUT2D eigenvalue weighted by atomic mass is 35.5. The number of halogens is 3. The van der Waals surface area contributed by atoms with Crippen molar-refractivity contribution in [3.8, 4) is 0 Å². The summed E-state index contributed by atoms with van der Waals surface area (Å²) in [7, 11) is 0. The van der Waals surface area contributed by atoms with Crippen LogP contribution in [0.25, 0.3) is 5.95 Å². The van der Waals surface area contributed by atoms with E-state index in [1.54, 1.807) is 0 Å². The number of hydrogen-bond acceptors (Lipinski definition) is 1. The molecule has 1 rings (SSSR count). The molecule has 5 heteroatoms. The fourth-order valence-corrected chi connectivity index (χ4v) is 0.570. The molecular weight excluding hydrogens is 162 g/mol. The Kier molecular flexibility index (Phi) is 2.01. The topological polar surface area (TPSA) is 17.8 Å². The average molecular weight is 165 g/mol. The summed E-state index contributed by atoms with van der Waals surface area (Å²) in [5.74, 6) is -1.15. The van der Waals surface area contributed by atoms with Crippen molar-refractivity contribution in [1.29, 1.82) is 0 Å². The third-order valence-corrected chi connectivity index (χ3v) is 1.04. The smallest absolute Gasteiger partial charge is 0.247 e. The second-order valence-corrected chi connectivity index (χ2v) is 1.85. The summed E-state index contributed by atoms with van der Waals surface area (Å²) in [6, 6.07) is 0. The summed E-state index contributed by atoms with van der Waals surface area (Å²) in [5, 5.41) is -1.38. The molecule has 0 aliphatic carbocycles. The van der Waals surface area contributed by atoms with Crippen LogP contribution in [0.5, 0.6) is 0 Å². The highest BCUT2D eigenvalue weighted by Gasteiger charge is 2.03. The average Bonchev–Trinajstić information content (AvgIpc) is 2.36. The van der Waals surface area contributed by atoms with E-state index < -0.39 is 11.2 Å². The lowest BCUT2D eigenvalue weighted by atomic mass is 10.8. The molecule has 0 radical (unpaired) electrons. The first kappa shape index (κ1) is 7.21. The maximum Gasteiger partial charge on any atom is 0.247 e. The summed E-state index contributed by atoms with van der Waals surface area (Å²) in [4.78, 5) is 3.49. The SMILES string of the molecule is F/C(Cl)=C(\F)n1ccnc1. The first-order chi connectivity index (χ1) is 4.72. The molecule has 0 unspecified atom stereocenters. The molecule has 0 fully saturated rings. The van der Waals surface area contributed by atoms with Gasteiger partial charge < -0.3 is 0 Å². The van der Waals surface area contributed by atoms with Crippen LogP contribution >= 0.6 is 11.6 Å². The Morgan fingerprint density at radius 2 is 2.20 bits per heavy atom. The Hall–Kier alpha value is -0.900. The van der Waals surface area contributed by atoms with Crippen LogP contribution in [0, 0.1) is 0 Å². The van der Waals surface area contributed by atoms with Gasteiger partial charge >= 0.3 is 0 Å². The summed E-state index contributed by atoms with van der Waals surface area (Å²) < 4.78 is 25.1. The highest BCUT2D eigenvalue weighted by molar-refractivity contribution is 6.30. The molecule has 0 aliphatic heterocycles. The van der Waals surface area contributed by atoms with Crippen LogP contribution in [-0.4, -0.2) is 9.55 Å². The third-order valence-electron chi connectivity index (χ3n) is 0.887. The van der Waals surface area contributed by atoms with Crippen LogP contribution in [0.15, 0.2) is 24.0 Å². The van der Waals surface area contributed by atoms with Gasteiger partial charge in [0.1, 0.15) is 6.33 Å². The Bertz CT molecular complexity index is 238. The largest absolute Gasteiger partial charge is 0.279 e. The molecule has 54 valence electrons. The zero-order valence-corrected chi connectivity index (χ0v) is 5.52. The first-order valence-corrected chi connectivity index (χ1v) is 2.78. The molecular formula is C5H3ClF2N2. The Labute approximate surface area is 60.7 Å². The molecule has 0 N–H and O–H groups in total. The Balaban J connectivity index is 2.99. The second kappa shape index (κ2) is 2.79. The Morgan fingerprint density at radius 3 is 2.60 bits per heavy atom. The van der Waals surface area contributed by atoms with E-state index >= 15 is 0 Å². The van der Waals surface area contributed by atoms with E-state index in [-0.39, 0.29) is 0 Å². The standard InChI is InChI=1S/C5H3ClF2N2/c6-4(7)5(8)10-2-1-9-3-10/h1-3H/b5-4+. The molecule has 0 aliphatic rings. The van der Waals surface area contributed by atoms with Crippen molar-refractivity contribution in [2.24, 2.45) is 0 Å². The van der Waals surface area contributed by atoms with Gasteiger partial charge in [-0.3, -0.25) is 4.57 Å². The van der Waals surface area contributed by atoms with Gasteiger partial charge in [0.2, 0.25) is 11.2 Å². The predicted molar refractivity (Wildman–Crippen MR) is 33.5 cm³/mol. The van der Waals surface area contributed by atoms with Crippen LogP contribution < -0.4 is 0 Å². The summed E-state index contributed by atoms with van der Waals surface area (Å²) in [5.41, 5.74) is 0. The molecule has 0 saturated heterocycles. The van der Waals surface area contributed by atoms with Crippen LogP contribution in [0.1, 0.15) is 0 Å². The van der Waals surface area contributed by atoms with Crippen LogP contribution in [-0.2, 0) is 0 Å². The molecule has 0 atom stereocenters. The molecule has 0 amide bonds. The molecule has 1 heterocycles. The number of nitrogens with zero attached hydrogens (tertiary/aromatic N) is 2. The van der Waals surface area contributed by atoms with Crippen LogP contribution in [0.3, 0.4) is 0 Å². The van der Waals surface area contributed by atoms with E-state index in [4.69, 9.17) is 11.6 Å². The van der Waals surface area contributed by atoms with Gasteiger partial charge in [-0.2, -0.15) is 8.78 Å². The van der Waals surface area contributed by atoms with Crippen molar-refractivity contribution >= 4 is 17.6 Å². The molecule has 0 aromatic carbocycles. The van der Waals surface area contributed by atoms with Gasteiger partial charge in [0.25, 0.3) is 0 Å². The molecule has 1 aromatic heterocycles. The zero-order valence-electron chi connectivity index (χ0n) is 4.76. The van der Waals surface area contributed by atoms with E-state index in [1.165, 1.54) is 12.4 Å². The zero-order chi connectivity index (χ0) is 7.56. The predicted octanol–water partition coefficient (Wildman–Crippen LogP) is 2.14. The monoisotopic (exact) mass is 164 g/mol. The Morgan fingerprint density at radius 1 is 1.50 bits per heavy atom. The lowest BCUT2D eigenvalue weighted by Gasteiger charge is -1.93. The number of hydrogen-bond donors (Lipinski definition) is 0. The minimum absolute atomic E-state index is 0.836. The van der Waals surface area contributed by atoms with Gasteiger partial charge in [-0.25, -0.2) is 4.98 Å². The van der Waals surface area contributed by atoms with Crippen molar-refractivity contribution < 1.29 is 8.78 Å². The second-order valence-electron chi connectivity index (χ2n) is 1.52. The fourth-order valence-electron chi connectivity index (χ4n) is 0.473. The summed E-state index contributed by atoms with van der Waals surface area (Å²) >= 11 is 4.71. The molecule has 1 aromatic rings. The molecule has 0 spiro atoms. The van der Waals surface area contributed by atoms with E-state index in [2.05, 4.69) is 4.98 Å². The minimum atomic E-state index is -1.38. The molecule has 10 heavy (non-hydrogen) atoms. The maximum absolute atomic E-state index is 12.4. The molecule has 0 saturated carbocycles. The minimum Gasteiger partial charge on any atom is -0.279 e. The van der Waals surface area contributed by atoms with E-state index in [0.29, 0.717) is 0 Å².